The molecular weight excluding hydrogens is 352 g/mol. The van der Waals surface area contributed by atoms with Gasteiger partial charge in [-0.3, -0.25) is 4.90 Å². The molecular formula is C16H24BrClN2O. The monoisotopic (exact) mass is 374 g/mol. The van der Waals surface area contributed by atoms with Crippen LogP contribution in [0.2, 0.25) is 0 Å². The van der Waals surface area contributed by atoms with Gasteiger partial charge in [0, 0.05) is 18.7 Å². The zero-order chi connectivity index (χ0) is 14.0. The summed E-state index contributed by atoms with van der Waals surface area (Å²) in [5, 5.41) is 3.48. The molecule has 1 N–H and O–H groups in total. The van der Waals surface area contributed by atoms with E-state index in [4.69, 9.17) is 4.74 Å². The molecule has 2 fully saturated rings. The molecule has 2 aliphatic heterocycles. The van der Waals surface area contributed by atoms with Crippen molar-refractivity contribution in [3.8, 4) is 5.75 Å². The van der Waals surface area contributed by atoms with Gasteiger partial charge in [0.15, 0.2) is 0 Å². The predicted molar refractivity (Wildman–Crippen MR) is 92.4 cm³/mol. The molecule has 0 saturated carbocycles. The lowest BCUT2D eigenvalue weighted by Gasteiger charge is -2.34. The third kappa shape index (κ3) is 3.73. The maximum Gasteiger partial charge on any atom is 0.137 e. The Hall–Kier alpha value is -0.290. The van der Waals surface area contributed by atoms with Crippen LogP contribution in [0, 0.1) is 5.41 Å². The van der Waals surface area contributed by atoms with E-state index in [1.165, 1.54) is 51.0 Å². The van der Waals surface area contributed by atoms with Crippen molar-refractivity contribution in [3.05, 3.63) is 28.2 Å². The summed E-state index contributed by atoms with van der Waals surface area (Å²) in [5.41, 5.74) is 1.86. The van der Waals surface area contributed by atoms with Gasteiger partial charge < -0.3 is 10.1 Å². The van der Waals surface area contributed by atoms with E-state index in [9.17, 15) is 0 Å². The van der Waals surface area contributed by atoms with Crippen molar-refractivity contribution < 1.29 is 4.74 Å². The first-order valence-electron chi connectivity index (χ1n) is 7.47. The fourth-order valence-corrected chi connectivity index (χ4v) is 4.24. The molecule has 118 valence electrons. The second kappa shape index (κ2) is 7.32. The highest BCUT2D eigenvalue weighted by molar-refractivity contribution is 9.10. The third-order valence-corrected chi connectivity index (χ3v) is 5.45. The lowest BCUT2D eigenvalue weighted by Crippen LogP contribution is -2.38. The molecule has 3 nitrogen and oxygen atoms in total. The minimum absolute atomic E-state index is 0. The molecule has 0 radical (unpaired) electrons. The fraction of sp³-hybridized carbons (Fsp3) is 0.625. The highest BCUT2D eigenvalue weighted by Gasteiger charge is 2.38. The van der Waals surface area contributed by atoms with Gasteiger partial charge in [-0.1, -0.05) is 12.1 Å². The summed E-state index contributed by atoms with van der Waals surface area (Å²) in [6.07, 6.45) is 4.02. The van der Waals surface area contributed by atoms with Crippen molar-refractivity contribution in [3.63, 3.8) is 0 Å². The van der Waals surface area contributed by atoms with Gasteiger partial charge in [0.25, 0.3) is 0 Å². The number of halogens is 2. The molecule has 3 rings (SSSR count). The number of nitrogens with one attached hydrogen (secondary N) is 1. The topological polar surface area (TPSA) is 24.5 Å². The number of methoxy groups -OCH3 is 1. The molecule has 0 unspecified atom stereocenters. The number of ether oxygens (including phenoxy) is 1. The quantitative estimate of drug-likeness (QED) is 0.875. The van der Waals surface area contributed by atoms with Gasteiger partial charge in [0.2, 0.25) is 0 Å². The van der Waals surface area contributed by atoms with Crippen LogP contribution in [0.4, 0.5) is 0 Å². The fourth-order valence-electron chi connectivity index (χ4n) is 3.68. The molecule has 0 aromatic heterocycles. The van der Waals surface area contributed by atoms with Gasteiger partial charge in [-0.05, 0) is 66.3 Å². The SMILES string of the molecule is COc1c(Br)cccc1CN1CCC2(CCNCC2)C1.Cl. The predicted octanol–water partition coefficient (Wildman–Crippen LogP) is 3.46. The van der Waals surface area contributed by atoms with Gasteiger partial charge in [-0.15, -0.1) is 12.4 Å². The van der Waals surface area contributed by atoms with Crippen LogP contribution in [0.15, 0.2) is 22.7 Å². The normalized spacial score (nSPS) is 21.2. The summed E-state index contributed by atoms with van der Waals surface area (Å²) >= 11 is 3.57. The first kappa shape index (κ1) is 17.1. The maximum absolute atomic E-state index is 5.54. The molecule has 21 heavy (non-hydrogen) atoms. The van der Waals surface area contributed by atoms with Crippen LogP contribution in [0.3, 0.4) is 0 Å². The number of nitrogens with zero attached hydrogens (tertiary/aromatic N) is 1. The number of piperidine rings is 1. The van der Waals surface area contributed by atoms with Crippen LogP contribution < -0.4 is 10.1 Å². The molecule has 1 aromatic rings. The van der Waals surface area contributed by atoms with Crippen LogP contribution in [-0.4, -0.2) is 38.2 Å². The average molecular weight is 376 g/mol. The molecule has 0 atom stereocenters. The van der Waals surface area contributed by atoms with Crippen molar-refractivity contribution in [2.24, 2.45) is 5.41 Å². The van der Waals surface area contributed by atoms with Gasteiger partial charge in [0.1, 0.15) is 5.75 Å². The third-order valence-electron chi connectivity index (χ3n) is 4.83. The average Bonchev–Trinajstić information content (AvgIpc) is 2.82. The molecule has 1 aromatic carbocycles. The Bertz CT molecular complexity index is 477. The minimum atomic E-state index is 0. The van der Waals surface area contributed by atoms with Gasteiger partial charge >= 0.3 is 0 Å². The summed E-state index contributed by atoms with van der Waals surface area (Å²) in [4.78, 5) is 2.59. The molecule has 0 amide bonds. The number of para-hydroxylation sites is 1. The Kier molecular flexibility index (Phi) is 5.95. The summed E-state index contributed by atoms with van der Waals surface area (Å²) in [7, 11) is 1.75. The van der Waals surface area contributed by atoms with Crippen LogP contribution in [0.5, 0.6) is 5.75 Å². The number of hydrogen-bond donors (Lipinski definition) is 1. The Balaban J connectivity index is 0.00000161. The number of benzene rings is 1. The zero-order valence-electron chi connectivity index (χ0n) is 12.5. The van der Waals surface area contributed by atoms with E-state index in [0.717, 1.165) is 16.8 Å². The van der Waals surface area contributed by atoms with Crippen LogP contribution in [-0.2, 0) is 6.54 Å². The molecule has 1 spiro atoms. The number of hydrogen-bond acceptors (Lipinski definition) is 3. The molecule has 0 aliphatic carbocycles. The molecule has 0 bridgehead atoms. The second-order valence-electron chi connectivity index (χ2n) is 6.14. The first-order chi connectivity index (χ1) is 9.72. The Morgan fingerprint density at radius 1 is 1.29 bits per heavy atom. The van der Waals surface area contributed by atoms with E-state index in [1.54, 1.807) is 7.11 Å². The second-order valence-corrected chi connectivity index (χ2v) is 7.00. The van der Waals surface area contributed by atoms with E-state index in [0.29, 0.717) is 5.41 Å². The number of likely N-dealkylation sites (tertiary alicyclic amines) is 1. The van der Waals surface area contributed by atoms with Crippen LogP contribution >= 0.6 is 28.3 Å². The van der Waals surface area contributed by atoms with Gasteiger partial charge in [0.05, 0.1) is 11.6 Å². The van der Waals surface area contributed by atoms with Crippen molar-refractivity contribution in [2.75, 3.05) is 33.3 Å². The van der Waals surface area contributed by atoms with Crippen molar-refractivity contribution in [1.29, 1.82) is 0 Å². The standard InChI is InChI=1S/C16H23BrN2O.ClH/c1-20-15-13(3-2-4-14(15)17)11-19-10-7-16(12-19)5-8-18-9-6-16;/h2-4,18H,5-12H2,1H3;1H. The van der Waals surface area contributed by atoms with Gasteiger partial charge in [-0.25, -0.2) is 0 Å². The van der Waals surface area contributed by atoms with Crippen LogP contribution in [0.1, 0.15) is 24.8 Å². The lowest BCUT2D eigenvalue weighted by atomic mass is 9.78. The number of rotatable bonds is 3. The molecule has 2 heterocycles. The highest BCUT2D eigenvalue weighted by atomic mass is 79.9. The van der Waals surface area contributed by atoms with E-state index >= 15 is 0 Å². The van der Waals surface area contributed by atoms with Crippen molar-refractivity contribution in [2.45, 2.75) is 25.8 Å². The largest absolute Gasteiger partial charge is 0.495 e. The lowest BCUT2D eigenvalue weighted by molar-refractivity contribution is 0.193. The van der Waals surface area contributed by atoms with Crippen molar-refractivity contribution >= 4 is 28.3 Å². The minimum Gasteiger partial charge on any atom is -0.495 e. The maximum atomic E-state index is 5.54. The Morgan fingerprint density at radius 3 is 2.76 bits per heavy atom. The smallest absolute Gasteiger partial charge is 0.137 e. The molecule has 2 aliphatic rings. The van der Waals surface area contributed by atoms with E-state index in [2.05, 4.69) is 38.3 Å². The van der Waals surface area contributed by atoms with Gasteiger partial charge in [-0.2, -0.15) is 0 Å². The Labute approximate surface area is 142 Å². The Morgan fingerprint density at radius 2 is 2.05 bits per heavy atom. The van der Waals surface area contributed by atoms with Crippen LogP contribution in [0.25, 0.3) is 0 Å². The summed E-state index contributed by atoms with van der Waals surface area (Å²) in [6.45, 7) is 5.83. The summed E-state index contributed by atoms with van der Waals surface area (Å²) < 4.78 is 6.59. The molecule has 5 heteroatoms. The highest BCUT2D eigenvalue weighted by Crippen LogP contribution is 2.40. The van der Waals surface area contributed by atoms with E-state index in [-0.39, 0.29) is 12.4 Å². The van der Waals surface area contributed by atoms with E-state index < -0.39 is 0 Å². The first-order valence-corrected chi connectivity index (χ1v) is 8.26. The summed E-state index contributed by atoms with van der Waals surface area (Å²) in [5.74, 6) is 0.985. The van der Waals surface area contributed by atoms with E-state index in [1.807, 2.05) is 6.07 Å². The molecule has 2 saturated heterocycles. The zero-order valence-corrected chi connectivity index (χ0v) is 14.9. The van der Waals surface area contributed by atoms with Crippen molar-refractivity contribution in [1.82, 2.24) is 10.2 Å². The summed E-state index contributed by atoms with van der Waals surface area (Å²) in [6, 6.07) is 6.32.